The highest BCUT2D eigenvalue weighted by molar-refractivity contribution is 5.72. The summed E-state index contributed by atoms with van der Waals surface area (Å²) in [6.45, 7) is 8.59. The zero-order valence-corrected chi connectivity index (χ0v) is 25.6. The molecule has 0 atom stereocenters. The van der Waals surface area contributed by atoms with Gasteiger partial charge in [-0.2, -0.15) is 0 Å². The summed E-state index contributed by atoms with van der Waals surface area (Å²) in [4.78, 5) is 15.0. The van der Waals surface area contributed by atoms with E-state index in [9.17, 15) is 4.79 Å². The molecule has 0 aromatic heterocycles. The molecule has 0 unspecified atom stereocenters. The lowest BCUT2D eigenvalue weighted by Gasteiger charge is -2.30. The molecule has 0 aromatic carbocycles. The van der Waals surface area contributed by atoms with Gasteiger partial charge in [-0.25, -0.2) is 0 Å². The van der Waals surface area contributed by atoms with Crippen molar-refractivity contribution in [1.29, 1.82) is 0 Å². The molecule has 0 radical (unpaired) electrons. The highest BCUT2D eigenvalue weighted by Crippen LogP contribution is 2.20. The van der Waals surface area contributed by atoms with Crippen LogP contribution < -0.4 is 0 Å². The number of nitrogens with zero attached hydrogens (tertiary/aromatic N) is 1. The van der Waals surface area contributed by atoms with Crippen LogP contribution >= 0.6 is 0 Å². The van der Waals surface area contributed by atoms with E-state index in [4.69, 9.17) is 4.74 Å². The lowest BCUT2D eigenvalue weighted by Crippen LogP contribution is -2.37. The minimum Gasteiger partial charge on any atom is -0.465 e. The van der Waals surface area contributed by atoms with E-state index in [2.05, 4.69) is 18.7 Å². The fourth-order valence-electron chi connectivity index (χ4n) is 5.80. The van der Waals surface area contributed by atoms with Gasteiger partial charge in [-0.3, -0.25) is 4.79 Å². The van der Waals surface area contributed by atoms with Crippen LogP contribution in [0.5, 0.6) is 0 Å². The van der Waals surface area contributed by atoms with Crippen molar-refractivity contribution in [3.63, 3.8) is 0 Å². The van der Waals surface area contributed by atoms with Crippen molar-refractivity contribution in [3.05, 3.63) is 0 Å². The second kappa shape index (κ2) is 27.0. The molecule has 37 heavy (non-hydrogen) atoms. The maximum absolute atomic E-state index is 12.4. The summed E-state index contributed by atoms with van der Waals surface area (Å²) >= 11 is 0. The molecule has 1 aliphatic rings. The fraction of sp³-hybridized carbons (Fsp3) is 0.971. The summed E-state index contributed by atoms with van der Waals surface area (Å²) in [6.07, 6.45) is 35.0. The second-order valence-electron chi connectivity index (χ2n) is 12.1. The molecule has 0 saturated carbocycles. The first-order valence-corrected chi connectivity index (χ1v) is 17.2. The zero-order valence-electron chi connectivity index (χ0n) is 25.6. The van der Waals surface area contributed by atoms with Gasteiger partial charge in [0.25, 0.3) is 0 Å². The first-order valence-electron chi connectivity index (χ1n) is 17.2. The van der Waals surface area contributed by atoms with Gasteiger partial charge in [-0.15, -0.1) is 0 Å². The maximum atomic E-state index is 12.4. The number of carbonyl (C=O) groups is 1. The lowest BCUT2D eigenvalue weighted by molar-refractivity contribution is -0.150. The molecule has 1 aliphatic heterocycles. The summed E-state index contributed by atoms with van der Waals surface area (Å²) < 4.78 is 5.63. The lowest BCUT2D eigenvalue weighted by atomic mass is 9.96. The Labute approximate surface area is 233 Å². The summed E-state index contributed by atoms with van der Waals surface area (Å²) in [7, 11) is 0. The number of hydrogen-bond donors (Lipinski definition) is 0. The fourth-order valence-corrected chi connectivity index (χ4v) is 5.80. The van der Waals surface area contributed by atoms with Crippen LogP contribution in [0.25, 0.3) is 0 Å². The van der Waals surface area contributed by atoms with Crippen LogP contribution in [-0.2, 0) is 9.53 Å². The maximum Gasteiger partial charge on any atom is 0.309 e. The Kier molecular flexibility index (Phi) is 25.2. The normalized spacial score (nSPS) is 14.9. The Morgan fingerprint density at radius 1 is 0.541 bits per heavy atom. The third-order valence-electron chi connectivity index (χ3n) is 8.49. The Bertz CT molecular complexity index is 472. The van der Waals surface area contributed by atoms with Crippen molar-refractivity contribution < 1.29 is 9.53 Å². The summed E-state index contributed by atoms with van der Waals surface area (Å²) in [5.41, 5.74) is 0. The zero-order chi connectivity index (χ0) is 26.7. The Morgan fingerprint density at radius 2 is 0.892 bits per heavy atom. The van der Waals surface area contributed by atoms with Crippen LogP contribution in [0.3, 0.4) is 0 Å². The minimum atomic E-state index is 0.0771. The van der Waals surface area contributed by atoms with Gasteiger partial charge in [0.2, 0.25) is 0 Å². The van der Waals surface area contributed by atoms with Crippen molar-refractivity contribution in [2.75, 3.05) is 26.2 Å². The molecule has 1 rings (SSSR count). The van der Waals surface area contributed by atoms with Gasteiger partial charge in [-0.05, 0) is 45.3 Å². The molecule has 0 spiro atoms. The summed E-state index contributed by atoms with van der Waals surface area (Å²) in [5.74, 6) is 0.226. The number of hydrogen-bond acceptors (Lipinski definition) is 3. The van der Waals surface area contributed by atoms with Crippen LogP contribution in [0, 0.1) is 5.92 Å². The highest BCUT2D eigenvalue weighted by atomic mass is 16.5. The van der Waals surface area contributed by atoms with Crippen LogP contribution in [0.1, 0.15) is 181 Å². The van der Waals surface area contributed by atoms with Crippen molar-refractivity contribution in [2.24, 2.45) is 5.92 Å². The first-order chi connectivity index (χ1) is 18.3. The molecular weight excluding hydrogens is 454 g/mol. The number of esters is 1. The molecule has 0 aromatic rings. The number of piperidine rings is 1. The van der Waals surface area contributed by atoms with Crippen molar-refractivity contribution in [2.45, 2.75) is 181 Å². The molecule has 1 fully saturated rings. The molecule has 3 nitrogen and oxygen atoms in total. The average molecular weight is 522 g/mol. The van der Waals surface area contributed by atoms with Gasteiger partial charge < -0.3 is 9.64 Å². The van der Waals surface area contributed by atoms with Crippen LogP contribution in [0.2, 0.25) is 0 Å². The molecular formula is C34H67NO2. The highest BCUT2D eigenvalue weighted by Gasteiger charge is 2.25. The van der Waals surface area contributed by atoms with Gasteiger partial charge in [0, 0.05) is 0 Å². The molecule has 220 valence electrons. The van der Waals surface area contributed by atoms with E-state index in [1.807, 2.05) is 0 Å². The van der Waals surface area contributed by atoms with Crippen LogP contribution in [-0.4, -0.2) is 37.1 Å². The average Bonchev–Trinajstić information content (AvgIpc) is 2.92. The third kappa shape index (κ3) is 22.0. The SMILES string of the molecule is CCCCCCCCCCCCCCCCOC(=O)C1CCN(CCCCCCCCCCCC)CC1. The monoisotopic (exact) mass is 522 g/mol. The van der Waals surface area contributed by atoms with Crippen LogP contribution in [0.15, 0.2) is 0 Å². The van der Waals surface area contributed by atoms with E-state index >= 15 is 0 Å². The van der Waals surface area contributed by atoms with E-state index in [1.54, 1.807) is 0 Å². The quantitative estimate of drug-likeness (QED) is 0.0795. The molecule has 1 heterocycles. The number of unbranched alkanes of at least 4 members (excludes halogenated alkanes) is 22. The minimum absolute atomic E-state index is 0.0771. The van der Waals surface area contributed by atoms with E-state index < -0.39 is 0 Å². The molecule has 1 saturated heterocycles. The van der Waals surface area contributed by atoms with Gasteiger partial charge in [0.1, 0.15) is 0 Å². The molecule has 3 heteroatoms. The van der Waals surface area contributed by atoms with Gasteiger partial charge in [-0.1, -0.05) is 155 Å². The Balaban J connectivity index is 1.83. The van der Waals surface area contributed by atoms with Crippen molar-refractivity contribution in [1.82, 2.24) is 4.90 Å². The van der Waals surface area contributed by atoms with Crippen molar-refractivity contribution in [3.8, 4) is 0 Å². The van der Waals surface area contributed by atoms with E-state index in [0.717, 1.165) is 32.4 Å². The Hall–Kier alpha value is -0.570. The number of ether oxygens (including phenoxy) is 1. The Morgan fingerprint density at radius 3 is 1.30 bits per heavy atom. The van der Waals surface area contributed by atoms with E-state index in [-0.39, 0.29) is 11.9 Å². The topological polar surface area (TPSA) is 29.5 Å². The van der Waals surface area contributed by atoms with Crippen molar-refractivity contribution >= 4 is 5.97 Å². The predicted molar refractivity (Wildman–Crippen MR) is 162 cm³/mol. The number of carbonyl (C=O) groups excluding carboxylic acids is 1. The smallest absolute Gasteiger partial charge is 0.309 e. The standard InChI is InChI=1S/C34H67NO2/c1-3-5-7-9-11-13-15-16-17-18-20-22-24-26-32-37-34(36)33-27-30-35(31-28-33)29-25-23-21-19-14-12-10-8-6-4-2/h33H,3-32H2,1-2H3. The van der Waals surface area contributed by atoms with Gasteiger partial charge in [0.15, 0.2) is 0 Å². The van der Waals surface area contributed by atoms with Crippen LogP contribution in [0.4, 0.5) is 0 Å². The largest absolute Gasteiger partial charge is 0.465 e. The number of likely N-dealkylation sites (tertiary alicyclic amines) is 1. The summed E-state index contributed by atoms with van der Waals surface area (Å²) in [5, 5.41) is 0. The molecule has 0 aliphatic carbocycles. The third-order valence-corrected chi connectivity index (χ3v) is 8.49. The van der Waals surface area contributed by atoms with E-state index in [1.165, 1.54) is 154 Å². The first kappa shape index (κ1) is 34.5. The van der Waals surface area contributed by atoms with E-state index in [0.29, 0.717) is 6.61 Å². The molecule has 0 amide bonds. The summed E-state index contributed by atoms with van der Waals surface area (Å²) in [6, 6.07) is 0. The number of rotatable bonds is 27. The molecule has 0 bridgehead atoms. The molecule has 0 N–H and O–H groups in total. The van der Waals surface area contributed by atoms with Gasteiger partial charge in [0.05, 0.1) is 12.5 Å². The predicted octanol–water partition coefficient (Wildman–Crippen LogP) is 10.6. The second-order valence-corrected chi connectivity index (χ2v) is 12.1. The van der Waals surface area contributed by atoms with Gasteiger partial charge >= 0.3 is 5.97 Å².